The van der Waals surface area contributed by atoms with Crippen LogP contribution < -0.4 is 0 Å². The molecule has 0 aliphatic heterocycles. The van der Waals surface area contributed by atoms with Gasteiger partial charge < -0.3 is 9.52 Å². The van der Waals surface area contributed by atoms with Crippen molar-refractivity contribution in [3.8, 4) is 0 Å². The van der Waals surface area contributed by atoms with Crippen LogP contribution in [0.3, 0.4) is 0 Å². The van der Waals surface area contributed by atoms with Crippen molar-refractivity contribution in [2.24, 2.45) is 0 Å². The largest absolute Gasteiger partial charge is 0.426 e. The molecular weight excluding hydrogens is 256 g/mol. The van der Waals surface area contributed by atoms with Gasteiger partial charge >= 0.3 is 0 Å². The van der Waals surface area contributed by atoms with Gasteiger partial charge in [0.25, 0.3) is 0 Å². The third-order valence-electron chi connectivity index (χ3n) is 2.98. The van der Waals surface area contributed by atoms with Gasteiger partial charge in [-0.25, -0.2) is 0 Å². The summed E-state index contributed by atoms with van der Waals surface area (Å²) in [6.07, 6.45) is 5.29. The van der Waals surface area contributed by atoms with Gasteiger partial charge in [-0.1, -0.05) is 6.07 Å². The van der Waals surface area contributed by atoms with Crippen molar-refractivity contribution < 1.29 is 9.52 Å². The first-order valence-corrected chi connectivity index (χ1v) is 6.79. The summed E-state index contributed by atoms with van der Waals surface area (Å²) in [7, 11) is 0. The van der Waals surface area contributed by atoms with Gasteiger partial charge in [0.1, 0.15) is 0 Å². The zero-order chi connectivity index (χ0) is 14.2. The van der Waals surface area contributed by atoms with Gasteiger partial charge in [-0.3, -0.25) is 9.88 Å². The van der Waals surface area contributed by atoms with Crippen LogP contribution in [0.5, 0.6) is 0 Å². The highest BCUT2D eigenvalue weighted by atomic mass is 16.4. The van der Waals surface area contributed by atoms with Crippen LogP contribution in [-0.4, -0.2) is 44.9 Å². The van der Waals surface area contributed by atoms with Crippen LogP contribution in [0.15, 0.2) is 28.9 Å². The van der Waals surface area contributed by atoms with E-state index in [0.717, 1.165) is 31.5 Å². The molecule has 0 radical (unpaired) electrons. The molecule has 6 nitrogen and oxygen atoms in total. The number of hydrogen-bond donors (Lipinski definition) is 1. The van der Waals surface area contributed by atoms with Gasteiger partial charge in [0.15, 0.2) is 0 Å². The Morgan fingerprint density at radius 2 is 2.20 bits per heavy atom. The van der Waals surface area contributed by atoms with Crippen LogP contribution in [0, 0.1) is 6.92 Å². The van der Waals surface area contributed by atoms with E-state index in [9.17, 15) is 0 Å². The first kappa shape index (κ1) is 14.6. The second-order valence-corrected chi connectivity index (χ2v) is 4.68. The van der Waals surface area contributed by atoms with E-state index in [-0.39, 0.29) is 6.61 Å². The highest BCUT2D eigenvalue weighted by Gasteiger charge is 2.07. The predicted octanol–water partition coefficient (Wildman–Crippen LogP) is 1.20. The van der Waals surface area contributed by atoms with E-state index in [1.807, 2.05) is 18.3 Å². The number of hydrogen-bond acceptors (Lipinski definition) is 6. The average molecular weight is 276 g/mol. The van der Waals surface area contributed by atoms with E-state index in [1.165, 1.54) is 0 Å². The van der Waals surface area contributed by atoms with Gasteiger partial charge in [0.05, 0.1) is 6.61 Å². The van der Waals surface area contributed by atoms with Crippen molar-refractivity contribution in [3.63, 3.8) is 0 Å². The number of nitrogens with zero attached hydrogens (tertiary/aromatic N) is 4. The Morgan fingerprint density at radius 1 is 1.30 bits per heavy atom. The Hall–Kier alpha value is -1.79. The molecule has 2 rings (SSSR count). The number of aliphatic hydroxyl groups is 1. The zero-order valence-corrected chi connectivity index (χ0v) is 11.7. The van der Waals surface area contributed by atoms with Crippen molar-refractivity contribution in [3.05, 3.63) is 41.9 Å². The lowest BCUT2D eigenvalue weighted by atomic mass is 10.2. The lowest BCUT2D eigenvalue weighted by Crippen LogP contribution is -2.28. The molecule has 0 aliphatic carbocycles. The lowest BCUT2D eigenvalue weighted by molar-refractivity contribution is 0.187. The molecule has 0 amide bonds. The molecule has 0 saturated heterocycles. The molecule has 108 valence electrons. The minimum atomic E-state index is 0.153. The summed E-state index contributed by atoms with van der Waals surface area (Å²) in [6, 6.07) is 3.96. The molecule has 0 aliphatic rings. The van der Waals surface area contributed by atoms with Crippen molar-refractivity contribution in [2.45, 2.75) is 26.3 Å². The van der Waals surface area contributed by atoms with E-state index < -0.39 is 0 Å². The number of pyridine rings is 1. The molecule has 1 N–H and O–H groups in total. The molecule has 0 bridgehead atoms. The summed E-state index contributed by atoms with van der Waals surface area (Å²) >= 11 is 0. The summed E-state index contributed by atoms with van der Waals surface area (Å²) in [6.45, 7) is 4.25. The van der Waals surface area contributed by atoms with Gasteiger partial charge in [-0.15, -0.1) is 10.2 Å². The first-order chi connectivity index (χ1) is 9.78. The Morgan fingerprint density at radius 3 is 2.85 bits per heavy atom. The highest BCUT2D eigenvalue weighted by molar-refractivity contribution is 5.08. The number of aromatic nitrogens is 3. The van der Waals surface area contributed by atoms with E-state index in [0.29, 0.717) is 18.3 Å². The summed E-state index contributed by atoms with van der Waals surface area (Å²) in [5.41, 5.74) is 1.15. The number of aliphatic hydroxyl groups excluding tert-OH is 1. The van der Waals surface area contributed by atoms with Gasteiger partial charge in [0, 0.05) is 38.8 Å². The van der Waals surface area contributed by atoms with Crippen LogP contribution >= 0.6 is 0 Å². The minimum absolute atomic E-state index is 0.153. The smallest absolute Gasteiger partial charge is 0.216 e. The van der Waals surface area contributed by atoms with Crippen LogP contribution in [0.2, 0.25) is 0 Å². The second kappa shape index (κ2) is 7.72. The molecule has 0 unspecified atom stereocenters. The molecule has 0 saturated carbocycles. The van der Waals surface area contributed by atoms with Crippen LogP contribution in [-0.2, 0) is 13.0 Å². The molecule has 0 atom stereocenters. The fourth-order valence-corrected chi connectivity index (χ4v) is 2.05. The fraction of sp³-hybridized carbons (Fsp3) is 0.500. The Kier molecular flexibility index (Phi) is 5.64. The molecule has 2 heterocycles. The predicted molar refractivity (Wildman–Crippen MR) is 74.0 cm³/mol. The molecule has 2 aromatic rings. The van der Waals surface area contributed by atoms with E-state index in [2.05, 4.69) is 20.1 Å². The van der Waals surface area contributed by atoms with E-state index >= 15 is 0 Å². The molecular formula is C14H20N4O2. The van der Waals surface area contributed by atoms with Crippen LogP contribution in [0.1, 0.15) is 23.8 Å². The first-order valence-electron chi connectivity index (χ1n) is 6.79. The molecule has 2 aromatic heterocycles. The van der Waals surface area contributed by atoms with Crippen LogP contribution in [0.4, 0.5) is 0 Å². The standard InChI is InChI=1S/C14H20N4O2/c1-12-16-17-14(20-12)5-3-7-18(8-9-19)11-13-4-2-6-15-10-13/h2,4,6,10,19H,3,5,7-9,11H2,1H3. The quantitative estimate of drug-likeness (QED) is 0.781. The van der Waals surface area contributed by atoms with Crippen molar-refractivity contribution in [1.29, 1.82) is 0 Å². The average Bonchev–Trinajstić information content (AvgIpc) is 2.86. The summed E-state index contributed by atoms with van der Waals surface area (Å²) in [5.74, 6) is 1.27. The van der Waals surface area contributed by atoms with Gasteiger partial charge in [-0.05, 0) is 24.6 Å². The minimum Gasteiger partial charge on any atom is -0.426 e. The van der Waals surface area contributed by atoms with Gasteiger partial charge in [0.2, 0.25) is 11.8 Å². The summed E-state index contributed by atoms with van der Waals surface area (Å²) in [4.78, 5) is 6.30. The molecule has 0 fully saturated rings. The topological polar surface area (TPSA) is 75.3 Å². The molecule has 6 heteroatoms. The van der Waals surface area contributed by atoms with E-state index in [4.69, 9.17) is 9.52 Å². The second-order valence-electron chi connectivity index (χ2n) is 4.68. The molecule has 20 heavy (non-hydrogen) atoms. The maximum absolute atomic E-state index is 9.14. The Balaban J connectivity index is 1.80. The maximum atomic E-state index is 9.14. The summed E-state index contributed by atoms with van der Waals surface area (Å²) in [5, 5.41) is 16.9. The SMILES string of the molecule is Cc1nnc(CCCN(CCO)Cc2cccnc2)o1. The Bertz CT molecular complexity index is 501. The van der Waals surface area contributed by atoms with Gasteiger partial charge in [-0.2, -0.15) is 0 Å². The van der Waals surface area contributed by atoms with Crippen molar-refractivity contribution in [2.75, 3.05) is 19.7 Å². The monoisotopic (exact) mass is 276 g/mol. The van der Waals surface area contributed by atoms with Crippen LogP contribution in [0.25, 0.3) is 0 Å². The Labute approximate surface area is 118 Å². The van der Waals surface area contributed by atoms with Crippen molar-refractivity contribution in [1.82, 2.24) is 20.1 Å². The molecule has 0 aromatic carbocycles. The highest BCUT2D eigenvalue weighted by Crippen LogP contribution is 2.06. The lowest BCUT2D eigenvalue weighted by Gasteiger charge is -2.20. The third-order valence-corrected chi connectivity index (χ3v) is 2.98. The summed E-state index contributed by atoms with van der Waals surface area (Å²) < 4.78 is 5.34. The zero-order valence-electron chi connectivity index (χ0n) is 11.7. The maximum Gasteiger partial charge on any atom is 0.216 e. The third kappa shape index (κ3) is 4.71. The number of aryl methyl sites for hydroxylation is 2. The molecule has 0 spiro atoms. The fourth-order valence-electron chi connectivity index (χ4n) is 2.05. The van der Waals surface area contributed by atoms with Crippen molar-refractivity contribution >= 4 is 0 Å². The number of rotatable bonds is 8. The van der Waals surface area contributed by atoms with E-state index in [1.54, 1.807) is 13.1 Å². The normalized spacial score (nSPS) is 11.2.